The van der Waals surface area contributed by atoms with Crippen molar-refractivity contribution in [3.05, 3.63) is 28.8 Å². The van der Waals surface area contributed by atoms with Crippen LogP contribution in [0.15, 0.2) is 18.2 Å². The number of rotatable bonds is 6. The third kappa shape index (κ3) is 5.47. The quantitative estimate of drug-likeness (QED) is 0.806. The van der Waals surface area contributed by atoms with E-state index in [1.807, 2.05) is 18.2 Å². The van der Waals surface area contributed by atoms with Gasteiger partial charge in [-0.1, -0.05) is 11.6 Å². The number of hydrogen-bond acceptors (Lipinski definition) is 4. The monoisotopic (exact) mass is 312 g/mol. The highest BCUT2D eigenvalue weighted by Gasteiger charge is 2.11. The summed E-state index contributed by atoms with van der Waals surface area (Å²) in [7, 11) is 3.83. The SMILES string of the molecule is COc1ccc(Cl)cc1CN(C)CCN1CCCOCC1. The minimum absolute atomic E-state index is 0.754. The first-order valence-electron chi connectivity index (χ1n) is 7.50. The molecule has 2 rings (SSSR count). The first-order chi connectivity index (χ1) is 10.2. The molecule has 4 nitrogen and oxygen atoms in total. The molecular weight excluding hydrogens is 288 g/mol. The van der Waals surface area contributed by atoms with Crippen LogP contribution in [0.3, 0.4) is 0 Å². The van der Waals surface area contributed by atoms with Crippen LogP contribution in [0.1, 0.15) is 12.0 Å². The van der Waals surface area contributed by atoms with Gasteiger partial charge in [0.2, 0.25) is 0 Å². The summed E-state index contributed by atoms with van der Waals surface area (Å²) in [5.41, 5.74) is 1.13. The Morgan fingerprint density at radius 2 is 2.19 bits per heavy atom. The Kier molecular flexibility index (Phi) is 6.77. The lowest BCUT2D eigenvalue weighted by atomic mass is 10.2. The molecule has 21 heavy (non-hydrogen) atoms. The topological polar surface area (TPSA) is 24.9 Å². The van der Waals surface area contributed by atoms with Crippen LogP contribution in [0.5, 0.6) is 5.75 Å². The Balaban J connectivity index is 1.83. The standard InChI is InChI=1S/C16H25ClN2O2/c1-18(7-8-19-6-3-10-21-11-9-19)13-14-12-15(17)4-5-16(14)20-2/h4-5,12H,3,6-11,13H2,1-2H3. The van der Waals surface area contributed by atoms with E-state index in [0.717, 1.165) is 68.7 Å². The summed E-state index contributed by atoms with van der Waals surface area (Å²) in [6.45, 7) is 6.85. The van der Waals surface area contributed by atoms with Crippen LogP contribution >= 0.6 is 11.6 Å². The van der Waals surface area contributed by atoms with Crippen LogP contribution in [-0.2, 0) is 11.3 Å². The molecule has 1 saturated heterocycles. The molecule has 1 aromatic carbocycles. The van der Waals surface area contributed by atoms with Crippen molar-refractivity contribution in [2.45, 2.75) is 13.0 Å². The first-order valence-corrected chi connectivity index (χ1v) is 7.88. The Morgan fingerprint density at radius 1 is 1.33 bits per heavy atom. The van der Waals surface area contributed by atoms with E-state index >= 15 is 0 Å². The zero-order valence-electron chi connectivity index (χ0n) is 13.0. The largest absolute Gasteiger partial charge is 0.496 e. The van der Waals surface area contributed by atoms with Gasteiger partial charge in [0.1, 0.15) is 5.75 Å². The van der Waals surface area contributed by atoms with Crippen LogP contribution in [0, 0.1) is 0 Å². The molecule has 0 amide bonds. The number of benzene rings is 1. The van der Waals surface area contributed by atoms with E-state index < -0.39 is 0 Å². The van der Waals surface area contributed by atoms with Crippen molar-refractivity contribution in [3.8, 4) is 5.75 Å². The molecule has 0 saturated carbocycles. The molecule has 0 spiro atoms. The van der Waals surface area contributed by atoms with E-state index in [9.17, 15) is 0 Å². The van der Waals surface area contributed by atoms with Gasteiger partial charge in [0.05, 0.1) is 13.7 Å². The molecule has 118 valence electrons. The number of nitrogens with zero attached hydrogens (tertiary/aromatic N) is 2. The highest BCUT2D eigenvalue weighted by molar-refractivity contribution is 6.30. The average molecular weight is 313 g/mol. The zero-order valence-corrected chi connectivity index (χ0v) is 13.7. The number of ether oxygens (including phenoxy) is 2. The van der Waals surface area contributed by atoms with E-state index in [0.29, 0.717) is 0 Å². The number of hydrogen-bond donors (Lipinski definition) is 0. The molecule has 0 aromatic heterocycles. The van der Waals surface area contributed by atoms with Crippen LogP contribution in [0.25, 0.3) is 0 Å². The van der Waals surface area contributed by atoms with E-state index in [1.54, 1.807) is 7.11 Å². The maximum atomic E-state index is 6.08. The van der Waals surface area contributed by atoms with E-state index in [4.69, 9.17) is 21.1 Å². The highest BCUT2D eigenvalue weighted by Crippen LogP contribution is 2.23. The van der Waals surface area contributed by atoms with Gasteiger partial charge < -0.3 is 14.4 Å². The molecule has 0 bridgehead atoms. The molecule has 0 N–H and O–H groups in total. The maximum Gasteiger partial charge on any atom is 0.123 e. The van der Waals surface area contributed by atoms with E-state index in [2.05, 4.69) is 16.8 Å². The van der Waals surface area contributed by atoms with Crippen LogP contribution < -0.4 is 4.74 Å². The third-order valence-corrected chi connectivity index (χ3v) is 4.03. The summed E-state index contributed by atoms with van der Waals surface area (Å²) in [6, 6.07) is 5.77. The van der Waals surface area contributed by atoms with Crippen molar-refractivity contribution in [3.63, 3.8) is 0 Å². The third-order valence-electron chi connectivity index (χ3n) is 3.80. The van der Waals surface area contributed by atoms with Gasteiger partial charge in [-0.3, -0.25) is 4.90 Å². The normalized spacial score (nSPS) is 17.0. The van der Waals surface area contributed by atoms with Crippen LogP contribution in [-0.4, -0.2) is 63.4 Å². The second-order valence-corrected chi connectivity index (χ2v) is 5.94. The second-order valence-electron chi connectivity index (χ2n) is 5.50. The van der Waals surface area contributed by atoms with Crippen LogP contribution in [0.2, 0.25) is 5.02 Å². The Hall–Kier alpha value is -0.810. The first kappa shape index (κ1) is 16.6. The summed E-state index contributed by atoms with van der Waals surface area (Å²) in [5, 5.41) is 0.754. The molecule has 1 heterocycles. The average Bonchev–Trinajstić information content (AvgIpc) is 2.74. The van der Waals surface area contributed by atoms with E-state index in [1.165, 1.54) is 0 Å². The summed E-state index contributed by atoms with van der Waals surface area (Å²) in [6.07, 6.45) is 1.13. The van der Waals surface area contributed by atoms with Crippen molar-refractivity contribution in [2.75, 3.05) is 53.6 Å². The predicted molar refractivity (Wildman–Crippen MR) is 86.2 cm³/mol. The molecule has 0 unspecified atom stereocenters. The van der Waals surface area contributed by atoms with Gasteiger partial charge in [-0.25, -0.2) is 0 Å². The van der Waals surface area contributed by atoms with Crippen LogP contribution in [0.4, 0.5) is 0 Å². The minimum Gasteiger partial charge on any atom is -0.496 e. The summed E-state index contributed by atoms with van der Waals surface area (Å²) in [5.74, 6) is 0.898. The second kappa shape index (κ2) is 8.59. The van der Waals surface area contributed by atoms with Crippen molar-refractivity contribution >= 4 is 11.6 Å². The Morgan fingerprint density at radius 3 is 3.00 bits per heavy atom. The van der Waals surface area contributed by atoms with Gasteiger partial charge in [-0.05, 0) is 31.7 Å². The van der Waals surface area contributed by atoms with Gasteiger partial charge >= 0.3 is 0 Å². The molecule has 1 aromatic rings. The molecule has 1 fully saturated rings. The zero-order chi connectivity index (χ0) is 15.1. The number of likely N-dealkylation sites (N-methyl/N-ethyl adjacent to an activating group) is 1. The molecule has 1 aliphatic rings. The van der Waals surface area contributed by atoms with Crippen molar-refractivity contribution in [1.29, 1.82) is 0 Å². The molecule has 0 aliphatic carbocycles. The smallest absolute Gasteiger partial charge is 0.123 e. The lowest BCUT2D eigenvalue weighted by Gasteiger charge is -2.24. The molecule has 5 heteroatoms. The number of methoxy groups -OCH3 is 1. The van der Waals surface area contributed by atoms with E-state index in [-0.39, 0.29) is 0 Å². The van der Waals surface area contributed by atoms with Gasteiger partial charge in [0.15, 0.2) is 0 Å². The Bertz CT molecular complexity index is 434. The molecule has 1 aliphatic heterocycles. The molecular formula is C16H25ClN2O2. The molecule has 0 atom stereocenters. The van der Waals surface area contributed by atoms with Crippen molar-refractivity contribution in [1.82, 2.24) is 9.80 Å². The van der Waals surface area contributed by atoms with Gasteiger partial charge in [0.25, 0.3) is 0 Å². The summed E-state index contributed by atoms with van der Waals surface area (Å²) in [4.78, 5) is 4.78. The number of halogens is 1. The Labute approximate surface area is 132 Å². The van der Waals surface area contributed by atoms with Gasteiger partial charge in [-0.15, -0.1) is 0 Å². The fourth-order valence-electron chi connectivity index (χ4n) is 2.57. The van der Waals surface area contributed by atoms with Gasteiger partial charge in [-0.2, -0.15) is 0 Å². The maximum absolute atomic E-state index is 6.08. The lowest BCUT2D eigenvalue weighted by molar-refractivity contribution is 0.139. The minimum atomic E-state index is 0.754. The predicted octanol–water partition coefficient (Wildman–Crippen LogP) is 2.50. The fourth-order valence-corrected chi connectivity index (χ4v) is 2.77. The summed E-state index contributed by atoms with van der Waals surface area (Å²) >= 11 is 6.08. The fraction of sp³-hybridized carbons (Fsp3) is 0.625. The molecule has 0 radical (unpaired) electrons. The highest BCUT2D eigenvalue weighted by atomic mass is 35.5. The van der Waals surface area contributed by atoms with Gasteiger partial charge in [0, 0.05) is 49.9 Å². The summed E-state index contributed by atoms with van der Waals surface area (Å²) < 4.78 is 10.9. The van der Waals surface area contributed by atoms with Crippen molar-refractivity contribution in [2.24, 2.45) is 0 Å². The van der Waals surface area contributed by atoms with Crippen molar-refractivity contribution < 1.29 is 9.47 Å². The lowest BCUT2D eigenvalue weighted by Crippen LogP contribution is -2.34.